The lowest BCUT2D eigenvalue weighted by molar-refractivity contribution is -0.274. The highest BCUT2D eigenvalue weighted by Crippen LogP contribution is 2.46. The number of nitrogens with one attached hydrogen (secondary N) is 1. The van der Waals surface area contributed by atoms with Crippen LogP contribution in [0.25, 0.3) is 11.0 Å². The molecule has 1 aromatic heterocycles. The standard InChI is InChI=1S/C29H38F3N3O3/c1-18-13-21(17-27(2,3)16-18)35-24-15-25(37-6)19(11-12-28(4,5)36)14-23(24)34-26(35)33-20-7-9-22(10-8-20)38-29(30,31)32/h7-10,14-15,18,21,36H,11-13,16-17H2,1-6H3,(H,33,34). The van der Waals surface area contributed by atoms with Crippen molar-refractivity contribution in [2.45, 2.75) is 84.7 Å². The van der Waals surface area contributed by atoms with Crippen molar-refractivity contribution in [1.82, 2.24) is 9.55 Å². The lowest BCUT2D eigenvalue weighted by Crippen LogP contribution is -2.29. The van der Waals surface area contributed by atoms with Crippen LogP contribution in [0.15, 0.2) is 36.4 Å². The molecule has 2 unspecified atom stereocenters. The van der Waals surface area contributed by atoms with Gasteiger partial charge in [0.2, 0.25) is 5.95 Å². The van der Waals surface area contributed by atoms with Crippen LogP contribution in [-0.2, 0) is 6.42 Å². The molecule has 0 saturated heterocycles. The monoisotopic (exact) mass is 533 g/mol. The molecule has 0 bridgehead atoms. The van der Waals surface area contributed by atoms with Crippen LogP contribution < -0.4 is 14.8 Å². The van der Waals surface area contributed by atoms with Gasteiger partial charge in [-0.1, -0.05) is 20.8 Å². The SMILES string of the molecule is COc1cc2c(cc1CCC(C)(C)O)nc(Nc1ccc(OC(F)(F)F)cc1)n2C1CC(C)CC(C)(C)C1. The maximum Gasteiger partial charge on any atom is 0.573 e. The summed E-state index contributed by atoms with van der Waals surface area (Å²) in [5, 5.41) is 13.6. The number of methoxy groups -OCH3 is 1. The summed E-state index contributed by atoms with van der Waals surface area (Å²) in [6, 6.07) is 9.87. The summed E-state index contributed by atoms with van der Waals surface area (Å²) in [7, 11) is 1.64. The van der Waals surface area contributed by atoms with Gasteiger partial charge in [-0.2, -0.15) is 0 Å². The summed E-state index contributed by atoms with van der Waals surface area (Å²) < 4.78 is 49.8. The Hall–Kier alpha value is -2.94. The molecule has 1 aliphatic rings. The predicted molar refractivity (Wildman–Crippen MR) is 143 cm³/mol. The van der Waals surface area contributed by atoms with Gasteiger partial charge in [-0.3, -0.25) is 0 Å². The van der Waals surface area contributed by atoms with E-state index in [0.717, 1.165) is 41.6 Å². The van der Waals surface area contributed by atoms with Gasteiger partial charge in [-0.05, 0) is 93.2 Å². The Morgan fingerprint density at radius 3 is 2.39 bits per heavy atom. The van der Waals surface area contributed by atoms with E-state index in [0.29, 0.717) is 30.4 Å². The number of alkyl halides is 3. The van der Waals surface area contributed by atoms with Crippen LogP contribution in [0.3, 0.4) is 0 Å². The number of fused-ring (bicyclic) bond motifs is 1. The molecule has 208 valence electrons. The van der Waals surface area contributed by atoms with Crippen LogP contribution in [0.5, 0.6) is 11.5 Å². The third-order valence-electron chi connectivity index (χ3n) is 7.17. The minimum Gasteiger partial charge on any atom is -0.496 e. The van der Waals surface area contributed by atoms with Crippen LogP contribution in [0.1, 0.15) is 71.9 Å². The number of hydrogen-bond acceptors (Lipinski definition) is 5. The van der Waals surface area contributed by atoms with Crippen molar-refractivity contribution >= 4 is 22.7 Å². The average molecular weight is 534 g/mol. The topological polar surface area (TPSA) is 68.5 Å². The molecule has 0 aliphatic heterocycles. The molecule has 1 heterocycles. The first-order valence-corrected chi connectivity index (χ1v) is 13.1. The molecule has 1 fully saturated rings. The number of imidazole rings is 1. The number of aromatic nitrogens is 2. The fourth-order valence-corrected chi connectivity index (χ4v) is 5.81. The van der Waals surface area contributed by atoms with E-state index in [-0.39, 0.29) is 17.2 Å². The molecule has 9 heteroatoms. The van der Waals surface area contributed by atoms with Crippen LogP contribution in [0, 0.1) is 11.3 Å². The number of nitrogens with zero attached hydrogens (tertiary/aromatic N) is 2. The second-order valence-electron chi connectivity index (χ2n) is 12.0. The third-order valence-corrected chi connectivity index (χ3v) is 7.17. The molecule has 2 aromatic carbocycles. The van der Waals surface area contributed by atoms with E-state index in [1.807, 2.05) is 12.1 Å². The highest BCUT2D eigenvalue weighted by Gasteiger charge is 2.35. The first-order chi connectivity index (χ1) is 17.6. The van der Waals surface area contributed by atoms with Gasteiger partial charge >= 0.3 is 6.36 Å². The number of aryl methyl sites for hydroxylation is 1. The molecular weight excluding hydrogens is 495 g/mol. The summed E-state index contributed by atoms with van der Waals surface area (Å²) in [5.74, 6) is 1.62. The summed E-state index contributed by atoms with van der Waals surface area (Å²) in [5.41, 5.74) is 2.65. The number of hydrogen-bond donors (Lipinski definition) is 2. The lowest BCUT2D eigenvalue weighted by atomic mass is 9.70. The van der Waals surface area contributed by atoms with Gasteiger partial charge in [-0.25, -0.2) is 4.98 Å². The normalized spacial score (nSPS) is 19.9. The Kier molecular flexibility index (Phi) is 7.63. The molecule has 2 atom stereocenters. The Balaban J connectivity index is 1.76. The van der Waals surface area contributed by atoms with Crippen molar-refractivity contribution in [2.75, 3.05) is 12.4 Å². The van der Waals surface area contributed by atoms with E-state index < -0.39 is 12.0 Å². The van der Waals surface area contributed by atoms with Crippen molar-refractivity contribution in [3.8, 4) is 11.5 Å². The van der Waals surface area contributed by atoms with E-state index >= 15 is 0 Å². The quantitative estimate of drug-likeness (QED) is 0.309. The number of rotatable bonds is 8. The van der Waals surface area contributed by atoms with Gasteiger partial charge < -0.3 is 24.5 Å². The minimum absolute atomic E-state index is 0.156. The molecular formula is C29H38F3N3O3. The van der Waals surface area contributed by atoms with Crippen molar-refractivity contribution in [3.63, 3.8) is 0 Å². The smallest absolute Gasteiger partial charge is 0.496 e. The molecule has 3 aromatic rings. The number of anilines is 2. The fraction of sp³-hybridized carbons (Fsp3) is 0.552. The van der Waals surface area contributed by atoms with Gasteiger partial charge in [0.05, 0.1) is 23.7 Å². The van der Waals surface area contributed by atoms with Gasteiger partial charge in [-0.15, -0.1) is 13.2 Å². The van der Waals surface area contributed by atoms with Gasteiger partial charge in [0.25, 0.3) is 0 Å². The van der Waals surface area contributed by atoms with Crippen molar-refractivity contribution in [3.05, 3.63) is 42.0 Å². The van der Waals surface area contributed by atoms with Crippen LogP contribution in [0.2, 0.25) is 0 Å². The molecule has 1 aliphatic carbocycles. The molecule has 6 nitrogen and oxygen atoms in total. The Labute approximate surface area is 222 Å². The first kappa shape index (κ1) is 28.1. The van der Waals surface area contributed by atoms with Crippen molar-refractivity contribution < 1.29 is 27.8 Å². The highest BCUT2D eigenvalue weighted by atomic mass is 19.4. The first-order valence-electron chi connectivity index (χ1n) is 13.1. The Morgan fingerprint density at radius 2 is 1.82 bits per heavy atom. The van der Waals surface area contributed by atoms with E-state index in [1.165, 1.54) is 12.1 Å². The molecule has 2 N–H and O–H groups in total. The summed E-state index contributed by atoms with van der Waals surface area (Å²) in [4.78, 5) is 4.94. The largest absolute Gasteiger partial charge is 0.573 e. The van der Waals surface area contributed by atoms with Crippen molar-refractivity contribution in [2.24, 2.45) is 11.3 Å². The number of halogens is 3. The molecule has 0 amide bonds. The van der Waals surface area contributed by atoms with Gasteiger partial charge in [0, 0.05) is 17.8 Å². The highest BCUT2D eigenvalue weighted by molar-refractivity contribution is 5.83. The van der Waals surface area contributed by atoms with Crippen LogP contribution in [0.4, 0.5) is 24.8 Å². The number of ether oxygens (including phenoxy) is 2. The summed E-state index contributed by atoms with van der Waals surface area (Å²) in [6.07, 6.45) is -0.434. The van der Waals surface area contributed by atoms with Crippen LogP contribution >= 0.6 is 0 Å². The summed E-state index contributed by atoms with van der Waals surface area (Å²) in [6.45, 7) is 10.4. The fourth-order valence-electron chi connectivity index (χ4n) is 5.81. The minimum atomic E-state index is -4.74. The zero-order valence-corrected chi connectivity index (χ0v) is 22.9. The molecule has 4 rings (SSSR count). The second-order valence-corrected chi connectivity index (χ2v) is 12.0. The average Bonchev–Trinajstić information content (AvgIpc) is 3.12. The zero-order valence-electron chi connectivity index (χ0n) is 22.9. The Morgan fingerprint density at radius 1 is 1.13 bits per heavy atom. The number of benzene rings is 2. The van der Waals surface area contributed by atoms with Crippen LogP contribution in [-0.4, -0.2) is 33.7 Å². The number of aliphatic hydroxyl groups is 1. The second kappa shape index (κ2) is 10.3. The lowest BCUT2D eigenvalue weighted by Gasteiger charge is -2.40. The maximum absolute atomic E-state index is 12.6. The Bertz CT molecular complexity index is 1260. The van der Waals surface area contributed by atoms with Crippen molar-refractivity contribution in [1.29, 1.82) is 0 Å². The molecule has 0 radical (unpaired) electrons. The maximum atomic E-state index is 12.6. The van der Waals surface area contributed by atoms with Gasteiger partial charge in [0.1, 0.15) is 11.5 Å². The molecule has 38 heavy (non-hydrogen) atoms. The van der Waals surface area contributed by atoms with E-state index in [9.17, 15) is 18.3 Å². The van der Waals surface area contributed by atoms with E-state index in [2.05, 4.69) is 35.4 Å². The predicted octanol–water partition coefficient (Wildman–Crippen LogP) is 7.78. The molecule has 1 saturated carbocycles. The molecule has 0 spiro atoms. The van der Waals surface area contributed by atoms with E-state index in [4.69, 9.17) is 9.72 Å². The zero-order chi connectivity index (χ0) is 27.9. The van der Waals surface area contributed by atoms with E-state index in [1.54, 1.807) is 33.1 Å². The van der Waals surface area contributed by atoms with Gasteiger partial charge in [0.15, 0.2) is 0 Å². The third kappa shape index (κ3) is 6.92. The summed E-state index contributed by atoms with van der Waals surface area (Å²) >= 11 is 0.